The normalized spacial score (nSPS) is 15.9. The van der Waals surface area contributed by atoms with Gasteiger partial charge in [0, 0.05) is 35.1 Å². The number of likely N-dealkylation sites (tertiary alicyclic amines) is 1. The lowest BCUT2D eigenvalue weighted by Crippen LogP contribution is -2.39. The molecule has 0 bridgehead atoms. The molecule has 2 heterocycles. The standard InChI is InChI=1S/C18H22N4O2/c1-13-15(14-7-4-5-8-16(14)20-13)11-19-21-17(23)12-22-10-6-2-3-9-18(22)24/h4-5,7-8,11,20H,2-3,6,9-10,12H2,1H3,(H,21,23)/b19-11+. The SMILES string of the molecule is Cc1[nH]c2ccccc2c1/C=N/NC(=O)CN1CCCCCC1=O. The van der Waals surface area contributed by atoms with Gasteiger partial charge in [0.25, 0.3) is 5.91 Å². The van der Waals surface area contributed by atoms with E-state index in [0.29, 0.717) is 13.0 Å². The molecule has 2 aromatic rings. The molecule has 0 radical (unpaired) electrons. The molecule has 0 atom stereocenters. The van der Waals surface area contributed by atoms with Gasteiger partial charge in [-0.25, -0.2) is 5.43 Å². The maximum absolute atomic E-state index is 12.0. The van der Waals surface area contributed by atoms with Crippen molar-refractivity contribution in [3.05, 3.63) is 35.5 Å². The molecule has 0 aliphatic carbocycles. The predicted octanol–water partition coefficient (Wildman–Crippen LogP) is 2.33. The van der Waals surface area contributed by atoms with Crippen LogP contribution in [0.15, 0.2) is 29.4 Å². The van der Waals surface area contributed by atoms with Gasteiger partial charge in [0.1, 0.15) is 6.54 Å². The number of hydrogen-bond donors (Lipinski definition) is 2. The van der Waals surface area contributed by atoms with E-state index in [0.717, 1.165) is 41.4 Å². The van der Waals surface area contributed by atoms with Gasteiger partial charge in [-0.1, -0.05) is 24.6 Å². The first-order valence-electron chi connectivity index (χ1n) is 8.32. The zero-order chi connectivity index (χ0) is 16.9. The van der Waals surface area contributed by atoms with Crippen LogP contribution in [0.4, 0.5) is 0 Å². The van der Waals surface area contributed by atoms with E-state index in [1.807, 2.05) is 31.2 Å². The molecule has 24 heavy (non-hydrogen) atoms. The molecule has 1 saturated heterocycles. The van der Waals surface area contributed by atoms with Crippen molar-refractivity contribution < 1.29 is 9.59 Å². The molecular weight excluding hydrogens is 304 g/mol. The third-order valence-electron chi connectivity index (χ3n) is 4.33. The molecule has 1 aliphatic rings. The summed E-state index contributed by atoms with van der Waals surface area (Å²) in [6.45, 7) is 2.69. The van der Waals surface area contributed by atoms with E-state index in [4.69, 9.17) is 0 Å². The molecule has 126 valence electrons. The van der Waals surface area contributed by atoms with Gasteiger partial charge in [-0.2, -0.15) is 5.10 Å². The third-order valence-corrected chi connectivity index (χ3v) is 4.33. The molecule has 2 N–H and O–H groups in total. The van der Waals surface area contributed by atoms with E-state index in [9.17, 15) is 9.59 Å². The van der Waals surface area contributed by atoms with Gasteiger partial charge in [0.05, 0.1) is 6.21 Å². The molecule has 6 nitrogen and oxygen atoms in total. The van der Waals surface area contributed by atoms with E-state index in [2.05, 4.69) is 15.5 Å². The number of benzene rings is 1. The van der Waals surface area contributed by atoms with E-state index < -0.39 is 0 Å². The van der Waals surface area contributed by atoms with Crippen molar-refractivity contribution in [1.82, 2.24) is 15.3 Å². The van der Waals surface area contributed by atoms with Gasteiger partial charge in [0.15, 0.2) is 0 Å². The summed E-state index contributed by atoms with van der Waals surface area (Å²) in [5, 5.41) is 5.12. The zero-order valence-electron chi connectivity index (χ0n) is 13.8. The maximum Gasteiger partial charge on any atom is 0.259 e. The van der Waals surface area contributed by atoms with Crippen LogP contribution in [0.1, 0.15) is 36.9 Å². The van der Waals surface area contributed by atoms with Crippen molar-refractivity contribution in [1.29, 1.82) is 0 Å². The van der Waals surface area contributed by atoms with Crippen LogP contribution in [0.2, 0.25) is 0 Å². The van der Waals surface area contributed by atoms with Gasteiger partial charge >= 0.3 is 0 Å². The Labute approximate surface area is 140 Å². The van der Waals surface area contributed by atoms with Crippen molar-refractivity contribution in [2.24, 2.45) is 5.10 Å². The fourth-order valence-electron chi connectivity index (χ4n) is 3.05. The number of nitrogens with one attached hydrogen (secondary N) is 2. The summed E-state index contributed by atoms with van der Waals surface area (Å²) >= 11 is 0. The second-order valence-electron chi connectivity index (χ2n) is 6.13. The topological polar surface area (TPSA) is 77.6 Å². The minimum absolute atomic E-state index is 0.0547. The monoisotopic (exact) mass is 326 g/mol. The van der Waals surface area contributed by atoms with Crippen LogP contribution in [0.3, 0.4) is 0 Å². The number of nitrogens with zero attached hydrogens (tertiary/aromatic N) is 2. The Bertz CT molecular complexity index is 778. The van der Waals surface area contributed by atoms with Crippen LogP contribution in [-0.4, -0.2) is 41.0 Å². The molecular formula is C18H22N4O2. The number of para-hydroxylation sites is 1. The summed E-state index contributed by atoms with van der Waals surface area (Å²) in [5.41, 5.74) is 5.52. The highest BCUT2D eigenvalue weighted by Gasteiger charge is 2.18. The van der Waals surface area contributed by atoms with Gasteiger partial charge in [-0.3, -0.25) is 9.59 Å². The van der Waals surface area contributed by atoms with Gasteiger partial charge in [-0.15, -0.1) is 0 Å². The Morgan fingerprint density at radius 3 is 3.04 bits per heavy atom. The van der Waals surface area contributed by atoms with Crippen LogP contribution in [0.5, 0.6) is 0 Å². The maximum atomic E-state index is 12.0. The van der Waals surface area contributed by atoms with Gasteiger partial charge < -0.3 is 9.88 Å². The largest absolute Gasteiger partial charge is 0.358 e. The van der Waals surface area contributed by atoms with Crippen LogP contribution in [0.25, 0.3) is 10.9 Å². The number of carbonyl (C=O) groups is 2. The van der Waals surface area contributed by atoms with Crippen molar-refractivity contribution in [3.8, 4) is 0 Å². The minimum atomic E-state index is -0.265. The summed E-state index contributed by atoms with van der Waals surface area (Å²) in [4.78, 5) is 28.8. The third kappa shape index (κ3) is 3.64. The first kappa shape index (κ1) is 16.2. The van der Waals surface area contributed by atoms with Crippen LogP contribution in [0, 0.1) is 6.92 Å². The molecule has 0 unspecified atom stereocenters. The fraction of sp³-hybridized carbons (Fsp3) is 0.389. The minimum Gasteiger partial charge on any atom is -0.358 e. The number of amides is 2. The fourth-order valence-corrected chi connectivity index (χ4v) is 3.05. The Balaban J connectivity index is 1.62. The predicted molar refractivity (Wildman–Crippen MR) is 93.8 cm³/mol. The van der Waals surface area contributed by atoms with E-state index in [1.54, 1.807) is 11.1 Å². The molecule has 3 rings (SSSR count). The average molecular weight is 326 g/mol. The number of carbonyl (C=O) groups excluding carboxylic acids is 2. The summed E-state index contributed by atoms with van der Waals surface area (Å²) in [5.74, 6) is -0.210. The second kappa shape index (κ2) is 7.29. The van der Waals surface area contributed by atoms with Gasteiger partial charge in [0.2, 0.25) is 5.91 Å². The summed E-state index contributed by atoms with van der Waals surface area (Å²) < 4.78 is 0. The molecule has 1 aliphatic heterocycles. The van der Waals surface area contributed by atoms with Crippen LogP contribution >= 0.6 is 0 Å². The summed E-state index contributed by atoms with van der Waals surface area (Å²) in [6, 6.07) is 7.96. The molecule has 1 aromatic heterocycles. The van der Waals surface area contributed by atoms with E-state index in [-0.39, 0.29) is 18.4 Å². The first-order valence-corrected chi connectivity index (χ1v) is 8.32. The van der Waals surface area contributed by atoms with Crippen molar-refractivity contribution >= 4 is 28.9 Å². The highest BCUT2D eigenvalue weighted by atomic mass is 16.2. The lowest BCUT2D eigenvalue weighted by molar-refractivity contribution is -0.135. The number of aryl methyl sites for hydroxylation is 1. The molecule has 1 fully saturated rings. The van der Waals surface area contributed by atoms with Crippen LogP contribution in [-0.2, 0) is 9.59 Å². The number of H-pyrrole nitrogens is 1. The highest BCUT2D eigenvalue weighted by Crippen LogP contribution is 2.19. The molecule has 0 saturated carbocycles. The van der Waals surface area contributed by atoms with E-state index in [1.165, 1.54) is 0 Å². The lowest BCUT2D eigenvalue weighted by atomic mass is 10.1. The Kier molecular flexibility index (Phi) is 4.93. The number of hydrazone groups is 1. The Morgan fingerprint density at radius 1 is 1.33 bits per heavy atom. The molecule has 1 aromatic carbocycles. The van der Waals surface area contributed by atoms with Crippen LogP contribution < -0.4 is 5.43 Å². The first-order chi connectivity index (χ1) is 11.6. The quantitative estimate of drug-likeness (QED) is 0.668. The molecule has 6 heteroatoms. The zero-order valence-corrected chi connectivity index (χ0v) is 13.8. The Hall–Kier alpha value is -2.63. The summed E-state index contributed by atoms with van der Waals surface area (Å²) in [7, 11) is 0. The highest BCUT2D eigenvalue weighted by molar-refractivity contribution is 6.00. The number of aromatic amines is 1. The number of rotatable bonds is 4. The summed E-state index contributed by atoms with van der Waals surface area (Å²) in [6.07, 6.45) is 5.09. The Morgan fingerprint density at radius 2 is 2.17 bits per heavy atom. The second-order valence-corrected chi connectivity index (χ2v) is 6.13. The number of fused-ring (bicyclic) bond motifs is 1. The lowest BCUT2D eigenvalue weighted by Gasteiger charge is -2.18. The average Bonchev–Trinajstić information content (AvgIpc) is 2.74. The number of hydrogen-bond acceptors (Lipinski definition) is 3. The molecule has 0 spiro atoms. The number of aromatic nitrogens is 1. The smallest absolute Gasteiger partial charge is 0.259 e. The van der Waals surface area contributed by atoms with Crippen molar-refractivity contribution in [2.75, 3.05) is 13.1 Å². The van der Waals surface area contributed by atoms with Crippen molar-refractivity contribution in [3.63, 3.8) is 0 Å². The van der Waals surface area contributed by atoms with E-state index >= 15 is 0 Å². The molecule has 2 amide bonds. The van der Waals surface area contributed by atoms with Gasteiger partial charge in [-0.05, 0) is 25.8 Å². The van der Waals surface area contributed by atoms with Crippen molar-refractivity contribution in [2.45, 2.75) is 32.6 Å².